The van der Waals surface area contributed by atoms with E-state index < -0.39 is 0 Å². The maximum atomic E-state index is 11.5. The Morgan fingerprint density at radius 3 is 3.06 bits per heavy atom. The predicted molar refractivity (Wildman–Crippen MR) is 67.3 cm³/mol. The van der Waals surface area contributed by atoms with Gasteiger partial charge < -0.3 is 4.90 Å². The van der Waals surface area contributed by atoms with Crippen LogP contribution in [0.5, 0.6) is 0 Å². The van der Waals surface area contributed by atoms with E-state index in [4.69, 9.17) is 0 Å². The molecule has 0 spiro atoms. The molecule has 18 heavy (non-hydrogen) atoms. The third-order valence-corrected chi connectivity index (χ3v) is 3.23. The minimum Gasteiger partial charge on any atom is -0.312 e. The summed E-state index contributed by atoms with van der Waals surface area (Å²) in [6, 6.07) is 6.22. The third-order valence-electron chi connectivity index (χ3n) is 3.23. The molecule has 3 rings (SSSR count). The van der Waals surface area contributed by atoms with E-state index in [0.717, 1.165) is 18.7 Å². The van der Waals surface area contributed by atoms with Crippen molar-refractivity contribution in [3.63, 3.8) is 0 Å². The van der Waals surface area contributed by atoms with E-state index in [2.05, 4.69) is 16.1 Å². The molecule has 0 N–H and O–H groups in total. The number of hydrogen-bond acceptors (Lipinski definition) is 3. The van der Waals surface area contributed by atoms with Crippen molar-refractivity contribution in [2.45, 2.75) is 19.9 Å². The van der Waals surface area contributed by atoms with Crippen LogP contribution >= 0.6 is 0 Å². The molecule has 0 unspecified atom stereocenters. The molecular weight excluding hydrogens is 228 g/mol. The van der Waals surface area contributed by atoms with E-state index in [9.17, 15) is 4.79 Å². The highest BCUT2D eigenvalue weighted by Crippen LogP contribution is 2.28. The van der Waals surface area contributed by atoms with Gasteiger partial charge >= 0.3 is 0 Å². The lowest BCUT2D eigenvalue weighted by Crippen LogP contribution is -2.25. The van der Waals surface area contributed by atoms with Gasteiger partial charge in [0, 0.05) is 19.2 Å². The molecule has 2 aromatic rings. The van der Waals surface area contributed by atoms with Crippen LogP contribution in [0, 0.1) is 0 Å². The van der Waals surface area contributed by atoms with Gasteiger partial charge in [0.2, 0.25) is 5.91 Å². The van der Waals surface area contributed by atoms with Crippen molar-refractivity contribution < 1.29 is 4.79 Å². The van der Waals surface area contributed by atoms with Crippen molar-refractivity contribution in [2.75, 3.05) is 11.4 Å². The van der Waals surface area contributed by atoms with Crippen molar-refractivity contribution in [3.8, 4) is 0 Å². The summed E-state index contributed by atoms with van der Waals surface area (Å²) < 4.78 is 1.79. The lowest BCUT2D eigenvalue weighted by molar-refractivity contribution is -0.116. The smallest absolute Gasteiger partial charge is 0.223 e. The first-order valence-electron chi connectivity index (χ1n) is 5.96. The molecule has 0 saturated carbocycles. The Morgan fingerprint density at radius 1 is 1.44 bits per heavy atom. The molecule has 1 aromatic heterocycles. The van der Waals surface area contributed by atoms with Gasteiger partial charge in [-0.05, 0) is 23.6 Å². The van der Waals surface area contributed by atoms with E-state index in [-0.39, 0.29) is 5.91 Å². The fourth-order valence-electron chi connectivity index (χ4n) is 2.38. The van der Waals surface area contributed by atoms with Crippen LogP contribution in [0.2, 0.25) is 0 Å². The van der Waals surface area contributed by atoms with Crippen LogP contribution in [0.15, 0.2) is 30.9 Å². The summed E-state index contributed by atoms with van der Waals surface area (Å²) in [6.45, 7) is 3.11. The van der Waals surface area contributed by atoms with Gasteiger partial charge in [0.25, 0.3) is 0 Å². The Labute approximate surface area is 105 Å². The summed E-state index contributed by atoms with van der Waals surface area (Å²) in [5.41, 5.74) is 3.47. The topological polar surface area (TPSA) is 51.0 Å². The number of hydrogen-bond donors (Lipinski definition) is 0. The van der Waals surface area contributed by atoms with Crippen LogP contribution in [-0.2, 0) is 17.8 Å². The van der Waals surface area contributed by atoms with Gasteiger partial charge in [-0.3, -0.25) is 4.79 Å². The van der Waals surface area contributed by atoms with E-state index in [1.165, 1.54) is 17.5 Å². The number of carbonyl (C=O) groups excluding carboxylic acids is 1. The molecule has 0 saturated heterocycles. The first-order chi connectivity index (χ1) is 8.74. The molecule has 2 heterocycles. The maximum absolute atomic E-state index is 11.5. The monoisotopic (exact) mass is 242 g/mol. The lowest BCUT2D eigenvalue weighted by atomic mass is 10.1. The van der Waals surface area contributed by atoms with Crippen molar-refractivity contribution in [1.29, 1.82) is 0 Å². The molecule has 5 heteroatoms. The van der Waals surface area contributed by atoms with Gasteiger partial charge in [0.1, 0.15) is 12.7 Å². The number of nitrogens with zero attached hydrogens (tertiary/aromatic N) is 4. The third kappa shape index (κ3) is 1.88. The summed E-state index contributed by atoms with van der Waals surface area (Å²) in [5.74, 6) is 0.109. The van der Waals surface area contributed by atoms with Gasteiger partial charge in [-0.25, -0.2) is 9.67 Å². The van der Waals surface area contributed by atoms with Gasteiger partial charge in [0.15, 0.2) is 0 Å². The molecule has 0 atom stereocenters. The first-order valence-corrected chi connectivity index (χ1v) is 5.96. The molecule has 1 aliphatic rings. The lowest BCUT2D eigenvalue weighted by Gasteiger charge is -2.14. The van der Waals surface area contributed by atoms with Crippen molar-refractivity contribution in [3.05, 3.63) is 42.0 Å². The molecule has 0 radical (unpaired) electrons. The second kappa shape index (κ2) is 4.25. The summed E-state index contributed by atoms with van der Waals surface area (Å²) in [4.78, 5) is 17.2. The number of aromatic nitrogens is 3. The van der Waals surface area contributed by atoms with Crippen molar-refractivity contribution >= 4 is 11.6 Å². The number of amides is 1. The number of rotatable bonds is 2. The molecule has 1 aliphatic heterocycles. The van der Waals surface area contributed by atoms with Gasteiger partial charge in [-0.2, -0.15) is 5.10 Å². The number of benzene rings is 1. The summed E-state index contributed by atoms with van der Waals surface area (Å²) in [5, 5.41) is 4.09. The Kier molecular flexibility index (Phi) is 2.59. The van der Waals surface area contributed by atoms with E-state index >= 15 is 0 Å². The summed E-state index contributed by atoms with van der Waals surface area (Å²) in [7, 11) is 0. The Bertz CT molecular complexity index is 577. The largest absolute Gasteiger partial charge is 0.312 e. The number of anilines is 1. The van der Waals surface area contributed by atoms with Gasteiger partial charge in [-0.15, -0.1) is 0 Å². The van der Waals surface area contributed by atoms with Gasteiger partial charge in [0.05, 0.1) is 6.54 Å². The predicted octanol–water partition coefficient (Wildman–Crippen LogP) is 1.24. The standard InChI is InChI=1S/C13H14N4O/c1-10(18)17-5-4-12-6-11(2-3-13(12)17)7-16-9-14-8-15-16/h2-3,6,8-9H,4-5,7H2,1H3. The second-order valence-electron chi connectivity index (χ2n) is 4.48. The SMILES string of the molecule is CC(=O)N1CCc2cc(Cn3cncn3)ccc21. The molecule has 92 valence electrons. The Hall–Kier alpha value is -2.17. The molecule has 0 aliphatic carbocycles. The van der Waals surface area contributed by atoms with Crippen molar-refractivity contribution in [1.82, 2.24) is 14.8 Å². The normalized spacial score (nSPS) is 13.7. The molecule has 5 nitrogen and oxygen atoms in total. The van der Waals surface area contributed by atoms with Crippen LogP contribution in [0.3, 0.4) is 0 Å². The highest BCUT2D eigenvalue weighted by atomic mass is 16.2. The zero-order valence-electron chi connectivity index (χ0n) is 10.2. The van der Waals surface area contributed by atoms with Crippen LogP contribution in [0.4, 0.5) is 5.69 Å². The molecule has 0 fully saturated rings. The van der Waals surface area contributed by atoms with E-state index in [1.807, 2.05) is 17.0 Å². The second-order valence-corrected chi connectivity index (χ2v) is 4.48. The summed E-state index contributed by atoms with van der Waals surface area (Å²) in [6.07, 6.45) is 4.17. The minimum atomic E-state index is 0.109. The van der Waals surface area contributed by atoms with Gasteiger partial charge in [-0.1, -0.05) is 12.1 Å². The first kappa shape index (κ1) is 11.0. The molecular formula is C13H14N4O. The Balaban J connectivity index is 1.87. The quantitative estimate of drug-likeness (QED) is 0.796. The summed E-state index contributed by atoms with van der Waals surface area (Å²) >= 11 is 0. The van der Waals surface area contributed by atoms with Crippen LogP contribution in [-0.4, -0.2) is 27.2 Å². The minimum absolute atomic E-state index is 0.109. The molecule has 0 bridgehead atoms. The zero-order valence-corrected chi connectivity index (χ0v) is 10.2. The van der Waals surface area contributed by atoms with Crippen LogP contribution in [0.1, 0.15) is 18.1 Å². The molecule has 1 aromatic carbocycles. The fraction of sp³-hybridized carbons (Fsp3) is 0.308. The maximum Gasteiger partial charge on any atom is 0.223 e. The molecule has 1 amide bonds. The highest BCUT2D eigenvalue weighted by molar-refractivity contribution is 5.93. The average molecular weight is 242 g/mol. The highest BCUT2D eigenvalue weighted by Gasteiger charge is 2.21. The number of fused-ring (bicyclic) bond motifs is 1. The van der Waals surface area contributed by atoms with Crippen LogP contribution in [0.25, 0.3) is 0 Å². The number of carbonyl (C=O) groups is 1. The van der Waals surface area contributed by atoms with E-state index in [1.54, 1.807) is 17.9 Å². The Morgan fingerprint density at radius 2 is 2.33 bits per heavy atom. The van der Waals surface area contributed by atoms with Crippen LogP contribution < -0.4 is 4.90 Å². The zero-order chi connectivity index (χ0) is 12.5. The fourth-order valence-corrected chi connectivity index (χ4v) is 2.38. The average Bonchev–Trinajstić information content (AvgIpc) is 2.97. The van der Waals surface area contributed by atoms with E-state index in [0.29, 0.717) is 6.54 Å². The van der Waals surface area contributed by atoms with Crippen molar-refractivity contribution in [2.24, 2.45) is 0 Å².